The zero-order valence-corrected chi connectivity index (χ0v) is 15.4. The molecule has 2 aromatic rings. The highest BCUT2D eigenvalue weighted by Crippen LogP contribution is 2.30. The highest BCUT2D eigenvalue weighted by Gasteiger charge is 2.16. The van der Waals surface area contributed by atoms with E-state index in [-0.39, 0.29) is 6.04 Å². The van der Waals surface area contributed by atoms with Crippen LogP contribution >= 0.6 is 65.8 Å². The van der Waals surface area contributed by atoms with Crippen molar-refractivity contribution in [3.8, 4) is 0 Å². The highest BCUT2D eigenvalue weighted by molar-refractivity contribution is 14.1. The van der Waals surface area contributed by atoms with Crippen molar-refractivity contribution in [2.24, 2.45) is 5.84 Å². The molecular weight excluding hydrogens is 491 g/mol. The van der Waals surface area contributed by atoms with Crippen molar-refractivity contribution < 1.29 is 0 Å². The fourth-order valence-corrected chi connectivity index (χ4v) is 4.35. The first kappa shape index (κ1) is 14.9. The molecule has 0 saturated carbocycles. The first-order valence-corrected chi connectivity index (χ1v) is 8.79. The molecule has 2 nitrogen and oxygen atoms in total. The summed E-state index contributed by atoms with van der Waals surface area (Å²) in [5.41, 5.74) is 4.13. The summed E-state index contributed by atoms with van der Waals surface area (Å²) in [6.07, 6.45) is 0.876. The Morgan fingerprint density at radius 1 is 1.33 bits per heavy atom. The molecule has 1 aromatic carbocycles. The summed E-state index contributed by atoms with van der Waals surface area (Å²) < 4.78 is 3.44. The van der Waals surface area contributed by atoms with Crippen LogP contribution in [-0.4, -0.2) is 0 Å². The molecule has 0 amide bonds. The first-order valence-electron chi connectivity index (χ1n) is 5.24. The zero-order chi connectivity index (χ0) is 13.1. The van der Waals surface area contributed by atoms with Gasteiger partial charge in [-0.15, -0.1) is 11.3 Å². The van der Waals surface area contributed by atoms with Crippen LogP contribution in [-0.2, 0) is 6.42 Å². The molecule has 1 atom stereocenters. The van der Waals surface area contributed by atoms with Crippen molar-refractivity contribution in [1.82, 2.24) is 5.43 Å². The third-order valence-electron chi connectivity index (χ3n) is 2.62. The van der Waals surface area contributed by atoms with E-state index in [9.17, 15) is 0 Å². The van der Waals surface area contributed by atoms with Crippen molar-refractivity contribution in [2.45, 2.75) is 12.5 Å². The minimum absolute atomic E-state index is 0.115. The lowest BCUT2D eigenvalue weighted by Gasteiger charge is -2.18. The van der Waals surface area contributed by atoms with Crippen LogP contribution in [0.15, 0.2) is 38.6 Å². The van der Waals surface area contributed by atoms with Crippen molar-refractivity contribution in [2.75, 3.05) is 0 Å². The predicted octanol–water partition coefficient (Wildman–Crippen LogP) is 4.62. The van der Waals surface area contributed by atoms with E-state index >= 15 is 0 Å². The molecule has 1 unspecified atom stereocenters. The van der Waals surface area contributed by atoms with E-state index in [0.29, 0.717) is 0 Å². The lowest BCUT2D eigenvalue weighted by molar-refractivity contribution is 0.552. The van der Waals surface area contributed by atoms with Crippen LogP contribution in [0, 0.1) is 3.57 Å². The summed E-state index contributed by atoms with van der Waals surface area (Å²) >= 11 is 11.1. The van der Waals surface area contributed by atoms with Crippen LogP contribution in [0.5, 0.6) is 0 Å². The molecule has 0 spiro atoms. The van der Waals surface area contributed by atoms with Crippen LogP contribution < -0.4 is 11.3 Å². The van der Waals surface area contributed by atoms with E-state index in [2.05, 4.69) is 83.5 Å². The number of thiophene rings is 1. The summed E-state index contributed by atoms with van der Waals surface area (Å²) in [6, 6.07) is 8.44. The molecule has 0 radical (unpaired) electrons. The Balaban J connectivity index is 2.28. The quantitative estimate of drug-likeness (QED) is 0.364. The molecule has 0 bridgehead atoms. The monoisotopic (exact) mass is 500 g/mol. The van der Waals surface area contributed by atoms with Gasteiger partial charge in [-0.1, -0.05) is 15.9 Å². The smallest absolute Gasteiger partial charge is 0.0519 e. The van der Waals surface area contributed by atoms with E-state index < -0.39 is 0 Å². The van der Waals surface area contributed by atoms with Gasteiger partial charge in [0, 0.05) is 23.8 Å². The zero-order valence-electron chi connectivity index (χ0n) is 9.29. The lowest BCUT2D eigenvalue weighted by atomic mass is 10.0. The molecule has 18 heavy (non-hydrogen) atoms. The summed E-state index contributed by atoms with van der Waals surface area (Å²) in [5, 5.41) is 2.08. The summed E-state index contributed by atoms with van der Waals surface area (Å²) in [4.78, 5) is 1.30. The Kier molecular flexibility index (Phi) is 5.64. The topological polar surface area (TPSA) is 38.0 Å². The lowest BCUT2D eigenvalue weighted by Crippen LogP contribution is -2.30. The van der Waals surface area contributed by atoms with E-state index in [1.54, 1.807) is 11.3 Å². The summed E-state index contributed by atoms with van der Waals surface area (Å²) in [6.45, 7) is 0. The average Bonchev–Trinajstić information content (AvgIpc) is 2.75. The Labute approximate surface area is 141 Å². The Bertz CT molecular complexity index is 545. The van der Waals surface area contributed by atoms with Gasteiger partial charge in [0.05, 0.1) is 6.04 Å². The summed E-state index contributed by atoms with van der Waals surface area (Å²) in [7, 11) is 0. The van der Waals surface area contributed by atoms with Gasteiger partial charge in [0.1, 0.15) is 0 Å². The van der Waals surface area contributed by atoms with E-state index in [1.165, 1.54) is 14.0 Å². The Morgan fingerprint density at radius 2 is 2.11 bits per heavy atom. The highest BCUT2D eigenvalue weighted by atomic mass is 127. The standard InChI is InChI=1S/C12H11Br2IN2S/c13-7-1-2-10(15)8(5-7)11(17-16)6-12-9(14)3-4-18-12/h1-5,11,17H,6,16H2. The van der Waals surface area contributed by atoms with Crippen LogP contribution in [0.4, 0.5) is 0 Å². The largest absolute Gasteiger partial charge is 0.271 e. The second-order valence-electron chi connectivity index (χ2n) is 3.78. The van der Waals surface area contributed by atoms with Crippen molar-refractivity contribution in [3.63, 3.8) is 0 Å². The number of hydrogen-bond donors (Lipinski definition) is 2. The third-order valence-corrected chi connectivity index (χ3v) is 6.04. The van der Waals surface area contributed by atoms with E-state index in [4.69, 9.17) is 5.84 Å². The fourth-order valence-electron chi connectivity index (χ4n) is 1.70. The van der Waals surface area contributed by atoms with Crippen molar-refractivity contribution in [1.29, 1.82) is 0 Å². The molecular formula is C12H11Br2IN2S. The van der Waals surface area contributed by atoms with E-state index in [1.807, 2.05) is 6.07 Å². The van der Waals surface area contributed by atoms with Gasteiger partial charge in [-0.3, -0.25) is 11.3 Å². The molecule has 96 valence electrons. The minimum Gasteiger partial charge on any atom is -0.271 e. The molecule has 0 aliphatic rings. The maximum Gasteiger partial charge on any atom is 0.0519 e. The number of rotatable bonds is 4. The molecule has 6 heteroatoms. The van der Waals surface area contributed by atoms with Gasteiger partial charge in [0.25, 0.3) is 0 Å². The van der Waals surface area contributed by atoms with Gasteiger partial charge < -0.3 is 0 Å². The second-order valence-corrected chi connectivity index (χ2v) is 7.71. The molecule has 1 aromatic heterocycles. The molecule has 0 fully saturated rings. The van der Waals surface area contributed by atoms with E-state index in [0.717, 1.165) is 15.4 Å². The van der Waals surface area contributed by atoms with Crippen molar-refractivity contribution in [3.05, 3.63) is 52.6 Å². The summed E-state index contributed by atoms with van der Waals surface area (Å²) in [5.74, 6) is 5.71. The normalized spacial score (nSPS) is 12.7. The molecule has 3 N–H and O–H groups in total. The van der Waals surface area contributed by atoms with Gasteiger partial charge in [-0.05, 0) is 73.7 Å². The second kappa shape index (κ2) is 6.81. The number of hydrazine groups is 1. The van der Waals surface area contributed by atoms with Gasteiger partial charge in [0.2, 0.25) is 0 Å². The van der Waals surface area contributed by atoms with Gasteiger partial charge in [-0.25, -0.2) is 0 Å². The van der Waals surface area contributed by atoms with Gasteiger partial charge >= 0.3 is 0 Å². The molecule has 0 aliphatic carbocycles. The first-order chi connectivity index (χ1) is 8.61. The van der Waals surface area contributed by atoms with Gasteiger partial charge in [-0.2, -0.15) is 0 Å². The Hall–Kier alpha value is 0.530. The minimum atomic E-state index is 0.115. The number of nitrogens with two attached hydrogens (primary N) is 1. The Morgan fingerprint density at radius 3 is 2.72 bits per heavy atom. The average molecular weight is 502 g/mol. The number of hydrogen-bond acceptors (Lipinski definition) is 3. The predicted molar refractivity (Wildman–Crippen MR) is 92.6 cm³/mol. The SMILES string of the molecule is NNC(Cc1sccc1Br)c1cc(Br)ccc1I. The van der Waals surface area contributed by atoms with Crippen molar-refractivity contribution >= 4 is 65.8 Å². The third kappa shape index (κ3) is 3.55. The van der Waals surface area contributed by atoms with Crippen LogP contribution in [0.2, 0.25) is 0 Å². The molecule has 1 heterocycles. The number of benzene rings is 1. The maximum absolute atomic E-state index is 5.71. The van der Waals surface area contributed by atoms with Crippen LogP contribution in [0.1, 0.15) is 16.5 Å². The molecule has 0 saturated heterocycles. The molecule has 0 aliphatic heterocycles. The van der Waals surface area contributed by atoms with Crippen LogP contribution in [0.3, 0.4) is 0 Å². The van der Waals surface area contributed by atoms with Gasteiger partial charge in [0.15, 0.2) is 0 Å². The number of halogens is 3. The van der Waals surface area contributed by atoms with Crippen LogP contribution in [0.25, 0.3) is 0 Å². The molecule has 2 rings (SSSR count). The maximum atomic E-state index is 5.71. The fraction of sp³-hybridized carbons (Fsp3) is 0.167. The number of nitrogens with one attached hydrogen (secondary N) is 1.